The molecule has 1 saturated heterocycles. The summed E-state index contributed by atoms with van der Waals surface area (Å²) in [5.74, 6) is -1.52. The molecule has 2 aliphatic heterocycles. The maximum Gasteiger partial charge on any atom is 0.255 e. The number of para-hydroxylation sites is 1. The van der Waals surface area contributed by atoms with Crippen LogP contribution < -0.4 is 11.1 Å². The molecule has 4 amide bonds. The van der Waals surface area contributed by atoms with E-state index in [1.54, 1.807) is 6.07 Å². The highest BCUT2D eigenvalue weighted by Gasteiger charge is 2.39. The quantitative estimate of drug-likeness (QED) is 0.404. The number of primary amides is 1. The Labute approximate surface area is 218 Å². The zero-order valence-corrected chi connectivity index (χ0v) is 20.4. The van der Waals surface area contributed by atoms with Crippen LogP contribution in [0.1, 0.15) is 50.2 Å². The van der Waals surface area contributed by atoms with E-state index in [1.165, 1.54) is 4.90 Å². The van der Waals surface area contributed by atoms with Gasteiger partial charge in [0.2, 0.25) is 17.7 Å². The third-order valence-corrected chi connectivity index (χ3v) is 7.26. The summed E-state index contributed by atoms with van der Waals surface area (Å²) < 4.78 is 0. The van der Waals surface area contributed by atoms with Crippen molar-refractivity contribution < 1.29 is 19.2 Å². The molecule has 0 saturated carbocycles. The van der Waals surface area contributed by atoms with Crippen LogP contribution in [0.2, 0.25) is 0 Å². The average molecular weight is 505 g/mol. The molecule has 1 fully saturated rings. The van der Waals surface area contributed by atoms with Gasteiger partial charge >= 0.3 is 0 Å². The van der Waals surface area contributed by atoms with Crippen LogP contribution >= 0.6 is 0 Å². The highest BCUT2D eigenvalue weighted by atomic mass is 16.2. The summed E-state index contributed by atoms with van der Waals surface area (Å²) in [5, 5.41) is 3.02. The molecule has 4 aromatic rings. The molecule has 8 nitrogen and oxygen atoms in total. The molecule has 3 aromatic carbocycles. The largest absolute Gasteiger partial charge is 0.366 e. The fourth-order valence-corrected chi connectivity index (χ4v) is 5.48. The second-order valence-electron chi connectivity index (χ2n) is 9.63. The van der Waals surface area contributed by atoms with E-state index in [0.29, 0.717) is 46.1 Å². The highest BCUT2D eigenvalue weighted by Crippen LogP contribution is 2.34. The number of hydrogen-bond acceptors (Lipinski definition) is 5. The number of amides is 4. The molecule has 0 aliphatic carbocycles. The maximum absolute atomic E-state index is 13.1. The van der Waals surface area contributed by atoms with Crippen molar-refractivity contribution >= 4 is 34.5 Å². The van der Waals surface area contributed by atoms with E-state index in [2.05, 4.69) is 5.32 Å². The normalized spacial score (nSPS) is 17.0. The van der Waals surface area contributed by atoms with Gasteiger partial charge in [-0.3, -0.25) is 24.5 Å². The SMILES string of the molecule is NC(=O)c1c(Cc2ccc3c(c2)CN(C2CCC(=O)NC2=O)C3=O)c(-c2ccccc2)nc2ccccc12. The number of fused-ring (bicyclic) bond motifs is 2. The second kappa shape index (κ2) is 9.23. The Morgan fingerprint density at radius 1 is 1.00 bits per heavy atom. The van der Waals surface area contributed by atoms with Crippen molar-refractivity contribution in [2.75, 3.05) is 0 Å². The van der Waals surface area contributed by atoms with Gasteiger partial charge in [-0.1, -0.05) is 60.7 Å². The Morgan fingerprint density at radius 3 is 2.53 bits per heavy atom. The molecular weight excluding hydrogens is 480 g/mol. The van der Waals surface area contributed by atoms with Crippen LogP contribution in [-0.2, 0) is 22.6 Å². The molecule has 1 aromatic heterocycles. The number of nitrogens with two attached hydrogens (primary N) is 1. The highest BCUT2D eigenvalue weighted by molar-refractivity contribution is 6.08. The lowest BCUT2D eigenvalue weighted by Gasteiger charge is -2.29. The standard InChI is InChI=1S/C30H24N4O4/c31-28(36)26-21-8-4-5-9-23(21)32-27(18-6-2-1-3-7-18)22(26)15-17-10-11-20-19(14-17)16-34(30(20)38)24-12-13-25(35)33-29(24)37/h1-11,14,24H,12-13,15-16H2,(H2,31,36)(H,33,35,37). The number of carbonyl (C=O) groups is 4. The maximum atomic E-state index is 13.1. The van der Waals surface area contributed by atoms with Crippen LogP contribution in [-0.4, -0.2) is 39.6 Å². The van der Waals surface area contributed by atoms with Crippen LogP contribution in [0.3, 0.4) is 0 Å². The minimum absolute atomic E-state index is 0.203. The Kier molecular flexibility index (Phi) is 5.72. The zero-order chi connectivity index (χ0) is 26.4. The van der Waals surface area contributed by atoms with Gasteiger partial charge in [0.15, 0.2) is 0 Å². The predicted molar refractivity (Wildman–Crippen MR) is 141 cm³/mol. The van der Waals surface area contributed by atoms with Crippen LogP contribution in [0, 0.1) is 0 Å². The molecule has 2 aliphatic rings. The minimum Gasteiger partial charge on any atom is -0.366 e. The molecule has 38 heavy (non-hydrogen) atoms. The van der Waals surface area contributed by atoms with Gasteiger partial charge in [0.1, 0.15) is 6.04 Å². The molecule has 1 unspecified atom stereocenters. The van der Waals surface area contributed by atoms with Crippen molar-refractivity contribution in [3.63, 3.8) is 0 Å². The number of piperidine rings is 1. The number of hydrogen-bond donors (Lipinski definition) is 2. The molecule has 0 radical (unpaired) electrons. The lowest BCUT2D eigenvalue weighted by atomic mass is 9.91. The van der Waals surface area contributed by atoms with Crippen molar-refractivity contribution in [3.8, 4) is 11.3 Å². The summed E-state index contributed by atoms with van der Waals surface area (Å²) in [5.41, 5.74) is 11.5. The summed E-state index contributed by atoms with van der Waals surface area (Å²) >= 11 is 0. The molecule has 3 heterocycles. The van der Waals surface area contributed by atoms with Crippen molar-refractivity contribution in [3.05, 3.63) is 101 Å². The number of carbonyl (C=O) groups excluding carboxylic acids is 4. The Bertz CT molecular complexity index is 1650. The van der Waals surface area contributed by atoms with Crippen molar-refractivity contribution in [1.29, 1.82) is 0 Å². The van der Waals surface area contributed by atoms with E-state index < -0.39 is 17.9 Å². The lowest BCUT2D eigenvalue weighted by molar-refractivity contribution is -0.136. The van der Waals surface area contributed by atoms with E-state index in [4.69, 9.17) is 10.7 Å². The van der Waals surface area contributed by atoms with Gasteiger partial charge in [-0.15, -0.1) is 0 Å². The van der Waals surface area contributed by atoms with E-state index in [0.717, 1.165) is 16.7 Å². The predicted octanol–water partition coefficient (Wildman–Crippen LogP) is 3.35. The van der Waals surface area contributed by atoms with Gasteiger partial charge in [-0.05, 0) is 35.2 Å². The number of aromatic nitrogens is 1. The molecule has 3 N–H and O–H groups in total. The molecule has 6 rings (SSSR count). The number of benzene rings is 3. The number of nitrogens with one attached hydrogen (secondary N) is 1. The summed E-state index contributed by atoms with van der Waals surface area (Å²) in [6.07, 6.45) is 0.886. The fourth-order valence-electron chi connectivity index (χ4n) is 5.48. The van der Waals surface area contributed by atoms with E-state index in [1.807, 2.05) is 66.7 Å². The third kappa shape index (κ3) is 4.00. The summed E-state index contributed by atoms with van der Waals surface area (Å²) in [4.78, 5) is 56.3. The van der Waals surface area contributed by atoms with Crippen molar-refractivity contribution in [2.24, 2.45) is 5.73 Å². The van der Waals surface area contributed by atoms with E-state index in [-0.39, 0.29) is 24.8 Å². The number of pyridine rings is 1. The average Bonchev–Trinajstić information content (AvgIpc) is 3.23. The lowest BCUT2D eigenvalue weighted by Crippen LogP contribution is -2.52. The van der Waals surface area contributed by atoms with Crippen LogP contribution in [0.4, 0.5) is 0 Å². The number of imide groups is 1. The van der Waals surface area contributed by atoms with Crippen LogP contribution in [0.5, 0.6) is 0 Å². The molecule has 8 heteroatoms. The van der Waals surface area contributed by atoms with Crippen molar-refractivity contribution in [2.45, 2.75) is 31.8 Å². The number of nitrogens with zero attached hydrogens (tertiary/aromatic N) is 2. The molecule has 1 atom stereocenters. The first-order chi connectivity index (χ1) is 18.4. The number of rotatable bonds is 5. The zero-order valence-electron chi connectivity index (χ0n) is 20.4. The third-order valence-electron chi connectivity index (χ3n) is 7.26. The second-order valence-corrected chi connectivity index (χ2v) is 9.63. The Balaban J connectivity index is 1.41. The van der Waals surface area contributed by atoms with Crippen molar-refractivity contribution in [1.82, 2.24) is 15.2 Å². The topological polar surface area (TPSA) is 122 Å². The van der Waals surface area contributed by atoms with E-state index in [9.17, 15) is 19.2 Å². The monoisotopic (exact) mass is 504 g/mol. The van der Waals surface area contributed by atoms with Gasteiger partial charge in [-0.25, -0.2) is 4.98 Å². The first-order valence-corrected chi connectivity index (χ1v) is 12.4. The van der Waals surface area contributed by atoms with Crippen LogP contribution in [0.25, 0.3) is 22.2 Å². The van der Waals surface area contributed by atoms with Crippen LogP contribution in [0.15, 0.2) is 72.8 Å². The van der Waals surface area contributed by atoms with Gasteiger partial charge in [0, 0.05) is 35.9 Å². The fraction of sp³-hybridized carbons (Fsp3) is 0.167. The summed E-state index contributed by atoms with van der Waals surface area (Å²) in [6.45, 7) is 0.276. The van der Waals surface area contributed by atoms with E-state index >= 15 is 0 Å². The molecule has 0 spiro atoms. The Morgan fingerprint density at radius 2 is 1.76 bits per heavy atom. The summed E-state index contributed by atoms with van der Waals surface area (Å²) in [7, 11) is 0. The van der Waals surface area contributed by atoms with Gasteiger partial charge in [0.25, 0.3) is 5.91 Å². The van der Waals surface area contributed by atoms with Gasteiger partial charge in [0.05, 0.1) is 16.8 Å². The molecule has 0 bridgehead atoms. The first kappa shape index (κ1) is 23.5. The molecular formula is C30H24N4O4. The summed E-state index contributed by atoms with van der Waals surface area (Å²) in [6, 6.07) is 22.0. The smallest absolute Gasteiger partial charge is 0.255 e. The first-order valence-electron chi connectivity index (χ1n) is 12.4. The Hall–Kier alpha value is -4.85. The minimum atomic E-state index is -0.674. The molecule has 188 valence electrons. The van der Waals surface area contributed by atoms with Gasteiger partial charge < -0.3 is 10.6 Å². The van der Waals surface area contributed by atoms with Gasteiger partial charge in [-0.2, -0.15) is 0 Å².